The number of carbonyl (C=O) groups excluding carboxylic acids is 1. The van der Waals surface area contributed by atoms with E-state index in [1.54, 1.807) is 0 Å². The Kier molecular flexibility index (Phi) is 3.27. The molecule has 0 spiro atoms. The molecule has 0 radical (unpaired) electrons. The highest BCUT2D eigenvalue weighted by Gasteiger charge is 2.28. The lowest BCUT2D eigenvalue weighted by atomic mass is 10.4. The smallest absolute Gasteiger partial charge is 0.357 e. The van der Waals surface area contributed by atoms with Crippen molar-refractivity contribution in [1.82, 2.24) is 10.3 Å². The van der Waals surface area contributed by atoms with Crippen LogP contribution >= 0.6 is 0 Å². The average Bonchev–Trinajstić information content (AvgIpc) is 3.03. The summed E-state index contributed by atoms with van der Waals surface area (Å²) < 4.78 is 4.88. The first-order valence-corrected chi connectivity index (χ1v) is 5.37. The maximum atomic E-state index is 11.3. The molecule has 0 unspecified atom stereocenters. The molecule has 1 aliphatic rings. The molecule has 1 aromatic heterocycles. The van der Waals surface area contributed by atoms with Gasteiger partial charge in [-0.2, -0.15) is 4.98 Å². The van der Waals surface area contributed by atoms with E-state index in [0.717, 1.165) is 19.1 Å². The Balaban J connectivity index is 1.66. The maximum absolute atomic E-state index is 11.3. The lowest BCUT2D eigenvalue weighted by Gasteiger charge is -2.03. The van der Waals surface area contributed by atoms with Gasteiger partial charge in [-0.3, -0.25) is 4.79 Å². The highest BCUT2D eigenvalue weighted by molar-refractivity contribution is 5.85. The van der Waals surface area contributed by atoms with Crippen LogP contribution < -0.4 is 10.6 Å². The summed E-state index contributed by atoms with van der Waals surface area (Å²) in [5.74, 6) is -0.871. The number of oxazole rings is 1. The number of carboxylic acids is 1. The third kappa shape index (κ3) is 3.20. The summed E-state index contributed by atoms with van der Waals surface area (Å²) in [6, 6.07) is 0.142. The topological polar surface area (TPSA) is 104 Å². The normalized spacial score (nSPS) is 14.4. The van der Waals surface area contributed by atoms with Crippen LogP contribution in [0.4, 0.5) is 6.01 Å². The van der Waals surface area contributed by atoms with Gasteiger partial charge in [0.05, 0.1) is 0 Å². The zero-order valence-electron chi connectivity index (χ0n) is 9.10. The molecule has 7 nitrogen and oxygen atoms in total. The molecule has 3 N–H and O–H groups in total. The maximum Gasteiger partial charge on any atom is 0.357 e. The molecule has 1 heterocycles. The Bertz CT molecular complexity index is 425. The first-order valence-electron chi connectivity index (χ1n) is 5.37. The van der Waals surface area contributed by atoms with Crippen LogP contribution in [0.1, 0.15) is 23.3 Å². The summed E-state index contributed by atoms with van der Waals surface area (Å²) in [5.41, 5.74) is -0.144. The number of aromatic carboxylic acids is 1. The van der Waals surface area contributed by atoms with Crippen molar-refractivity contribution in [2.75, 3.05) is 18.4 Å². The molecular weight excluding hydrogens is 226 g/mol. The molecule has 0 aliphatic heterocycles. The van der Waals surface area contributed by atoms with E-state index in [-0.39, 0.29) is 23.5 Å². The van der Waals surface area contributed by atoms with E-state index in [0.29, 0.717) is 13.1 Å². The Morgan fingerprint density at radius 2 is 2.24 bits per heavy atom. The molecular formula is C10H13N3O4. The number of hydrogen-bond donors (Lipinski definition) is 3. The number of nitrogens with zero attached hydrogens (tertiary/aromatic N) is 1. The van der Waals surface area contributed by atoms with E-state index in [1.165, 1.54) is 0 Å². The van der Waals surface area contributed by atoms with Gasteiger partial charge in [0.1, 0.15) is 6.26 Å². The zero-order valence-corrected chi connectivity index (χ0v) is 9.10. The predicted octanol–water partition coefficient (Wildman–Crippen LogP) is 0.311. The minimum atomic E-state index is -1.14. The highest BCUT2D eigenvalue weighted by Crippen LogP contribution is 2.28. The van der Waals surface area contributed by atoms with Gasteiger partial charge < -0.3 is 20.2 Å². The van der Waals surface area contributed by atoms with Gasteiger partial charge in [-0.15, -0.1) is 0 Å². The van der Waals surface area contributed by atoms with Crippen molar-refractivity contribution >= 4 is 17.9 Å². The number of amides is 1. The molecule has 2 rings (SSSR count). The van der Waals surface area contributed by atoms with Crippen molar-refractivity contribution in [2.45, 2.75) is 12.8 Å². The van der Waals surface area contributed by atoms with Crippen molar-refractivity contribution in [3.63, 3.8) is 0 Å². The number of aromatic nitrogens is 1. The summed E-state index contributed by atoms with van der Waals surface area (Å²) in [7, 11) is 0. The van der Waals surface area contributed by atoms with E-state index < -0.39 is 5.97 Å². The van der Waals surface area contributed by atoms with E-state index in [4.69, 9.17) is 9.52 Å². The summed E-state index contributed by atoms with van der Waals surface area (Å²) in [4.78, 5) is 25.4. The van der Waals surface area contributed by atoms with Crippen molar-refractivity contribution in [1.29, 1.82) is 0 Å². The first-order chi connectivity index (χ1) is 8.16. The molecule has 1 fully saturated rings. The van der Waals surface area contributed by atoms with Gasteiger partial charge in [0.2, 0.25) is 5.91 Å². The zero-order chi connectivity index (χ0) is 12.3. The number of hydrogen-bond acceptors (Lipinski definition) is 5. The Labute approximate surface area is 97.2 Å². The molecule has 7 heteroatoms. The molecule has 17 heavy (non-hydrogen) atoms. The fourth-order valence-corrected chi connectivity index (χ4v) is 1.30. The van der Waals surface area contributed by atoms with E-state index in [9.17, 15) is 9.59 Å². The molecule has 0 aromatic carbocycles. The molecule has 0 atom stereocenters. The summed E-state index contributed by atoms with van der Waals surface area (Å²) in [5, 5.41) is 14.1. The summed E-state index contributed by atoms with van der Waals surface area (Å²) in [6.07, 6.45) is 3.01. The Hall–Kier alpha value is -2.05. The fraction of sp³-hybridized carbons (Fsp3) is 0.500. The van der Waals surface area contributed by atoms with Crippen LogP contribution in [0.3, 0.4) is 0 Å². The molecule has 1 aliphatic carbocycles. The van der Waals surface area contributed by atoms with Crippen molar-refractivity contribution in [3.8, 4) is 0 Å². The van der Waals surface area contributed by atoms with Crippen LogP contribution in [0.2, 0.25) is 0 Å². The molecule has 92 valence electrons. The molecule has 0 saturated heterocycles. The van der Waals surface area contributed by atoms with Gasteiger partial charge in [-0.05, 0) is 12.8 Å². The van der Waals surface area contributed by atoms with Crippen LogP contribution in [-0.4, -0.2) is 35.1 Å². The van der Waals surface area contributed by atoms with E-state index in [2.05, 4.69) is 15.6 Å². The number of carbonyl (C=O) groups is 2. The monoisotopic (exact) mass is 239 g/mol. The van der Waals surface area contributed by atoms with Crippen LogP contribution in [0, 0.1) is 5.92 Å². The first kappa shape index (κ1) is 11.4. The van der Waals surface area contributed by atoms with Crippen LogP contribution in [0.5, 0.6) is 0 Å². The molecule has 1 saturated carbocycles. The summed E-state index contributed by atoms with van der Waals surface area (Å²) >= 11 is 0. The predicted molar refractivity (Wildman–Crippen MR) is 57.7 cm³/mol. The number of rotatable bonds is 6. The van der Waals surface area contributed by atoms with Crippen LogP contribution in [-0.2, 0) is 4.79 Å². The minimum absolute atomic E-state index is 0.0745. The number of carboxylic acid groups (broad SMARTS) is 1. The van der Waals surface area contributed by atoms with E-state index >= 15 is 0 Å². The second-order valence-electron chi connectivity index (χ2n) is 3.84. The minimum Gasteiger partial charge on any atom is -0.476 e. The van der Waals surface area contributed by atoms with Gasteiger partial charge >= 0.3 is 5.97 Å². The number of nitrogens with one attached hydrogen (secondary N) is 2. The lowest BCUT2D eigenvalue weighted by molar-refractivity contribution is -0.122. The molecule has 1 amide bonds. The third-order valence-corrected chi connectivity index (χ3v) is 2.37. The Morgan fingerprint density at radius 1 is 1.47 bits per heavy atom. The standard InChI is InChI=1S/C10H13N3O4/c14-8(6-1-2-6)11-3-4-12-10-13-7(5-17-10)9(15)16/h5-6H,1-4H2,(H,11,14)(H,12,13)(H,15,16). The van der Waals surface area contributed by atoms with Crippen molar-refractivity contribution < 1.29 is 19.1 Å². The molecule has 1 aromatic rings. The van der Waals surface area contributed by atoms with Crippen LogP contribution in [0.15, 0.2) is 10.7 Å². The van der Waals surface area contributed by atoms with Gasteiger partial charge in [-0.25, -0.2) is 4.79 Å². The van der Waals surface area contributed by atoms with E-state index in [1.807, 2.05) is 0 Å². The second-order valence-corrected chi connectivity index (χ2v) is 3.84. The van der Waals surface area contributed by atoms with Gasteiger partial charge in [0.25, 0.3) is 6.01 Å². The Morgan fingerprint density at radius 3 is 2.82 bits per heavy atom. The van der Waals surface area contributed by atoms with Crippen molar-refractivity contribution in [2.24, 2.45) is 5.92 Å². The second kappa shape index (κ2) is 4.86. The summed E-state index contributed by atoms with van der Waals surface area (Å²) in [6.45, 7) is 0.901. The van der Waals surface area contributed by atoms with Gasteiger partial charge in [0, 0.05) is 19.0 Å². The number of anilines is 1. The largest absolute Gasteiger partial charge is 0.476 e. The fourth-order valence-electron chi connectivity index (χ4n) is 1.30. The lowest BCUT2D eigenvalue weighted by Crippen LogP contribution is -2.29. The molecule has 0 bridgehead atoms. The third-order valence-electron chi connectivity index (χ3n) is 2.37. The van der Waals surface area contributed by atoms with Crippen molar-refractivity contribution in [3.05, 3.63) is 12.0 Å². The quantitative estimate of drug-likeness (QED) is 0.617. The average molecular weight is 239 g/mol. The van der Waals surface area contributed by atoms with Crippen LogP contribution in [0.25, 0.3) is 0 Å². The highest BCUT2D eigenvalue weighted by atomic mass is 16.4. The van der Waals surface area contributed by atoms with Gasteiger partial charge in [-0.1, -0.05) is 0 Å². The van der Waals surface area contributed by atoms with Gasteiger partial charge in [0.15, 0.2) is 5.69 Å². The SMILES string of the molecule is O=C(O)c1coc(NCCNC(=O)C2CC2)n1.